The summed E-state index contributed by atoms with van der Waals surface area (Å²) in [5.74, 6) is -0.126. The summed E-state index contributed by atoms with van der Waals surface area (Å²) in [7, 11) is 0. The summed E-state index contributed by atoms with van der Waals surface area (Å²) in [4.78, 5) is 45.4. The SMILES string of the molecule is CCOc1ccc(/C=C(\NC(=O)c2ccccc2)C(=O)Nc2ccc(SCC(=O)Nc3nc(-c4ccccc4)c(C)s3)cc2)cc1. The van der Waals surface area contributed by atoms with Crippen molar-refractivity contribution in [2.75, 3.05) is 23.0 Å². The lowest BCUT2D eigenvalue weighted by Gasteiger charge is -2.12. The molecule has 3 N–H and O–H groups in total. The number of aryl methyl sites for hydroxylation is 1. The van der Waals surface area contributed by atoms with Gasteiger partial charge in [0.15, 0.2) is 5.13 Å². The fourth-order valence-electron chi connectivity index (χ4n) is 4.39. The summed E-state index contributed by atoms with van der Waals surface area (Å²) >= 11 is 2.82. The highest BCUT2D eigenvalue weighted by atomic mass is 32.2. The largest absolute Gasteiger partial charge is 0.494 e. The second-order valence-electron chi connectivity index (χ2n) is 9.99. The fourth-order valence-corrected chi connectivity index (χ4v) is 5.94. The van der Waals surface area contributed by atoms with Gasteiger partial charge in [-0.3, -0.25) is 14.4 Å². The predicted octanol–water partition coefficient (Wildman–Crippen LogP) is 7.66. The first-order chi connectivity index (χ1) is 22.4. The maximum absolute atomic E-state index is 13.4. The topological polar surface area (TPSA) is 109 Å². The van der Waals surface area contributed by atoms with Gasteiger partial charge < -0.3 is 20.7 Å². The molecule has 5 rings (SSSR count). The van der Waals surface area contributed by atoms with E-state index in [-0.39, 0.29) is 17.4 Å². The molecule has 5 aromatic rings. The molecule has 10 heteroatoms. The van der Waals surface area contributed by atoms with Crippen molar-refractivity contribution in [2.45, 2.75) is 18.7 Å². The number of ether oxygens (including phenoxy) is 1. The number of carbonyl (C=O) groups is 3. The average Bonchev–Trinajstić information content (AvgIpc) is 3.45. The third-order valence-corrected chi connectivity index (χ3v) is 8.50. The van der Waals surface area contributed by atoms with Crippen LogP contribution < -0.4 is 20.7 Å². The van der Waals surface area contributed by atoms with E-state index in [1.165, 1.54) is 23.1 Å². The van der Waals surface area contributed by atoms with Gasteiger partial charge in [-0.15, -0.1) is 23.1 Å². The number of benzene rings is 4. The summed E-state index contributed by atoms with van der Waals surface area (Å²) in [6.07, 6.45) is 1.61. The Labute approximate surface area is 275 Å². The van der Waals surface area contributed by atoms with Crippen molar-refractivity contribution in [1.82, 2.24) is 10.3 Å². The van der Waals surface area contributed by atoms with Gasteiger partial charge in [0.1, 0.15) is 11.4 Å². The Kier molecular flexibility index (Phi) is 11.0. The Morgan fingerprint density at radius 2 is 1.52 bits per heavy atom. The number of carbonyl (C=O) groups excluding carboxylic acids is 3. The zero-order valence-corrected chi connectivity index (χ0v) is 26.9. The van der Waals surface area contributed by atoms with Crippen LogP contribution in [0.5, 0.6) is 5.75 Å². The Morgan fingerprint density at radius 3 is 2.20 bits per heavy atom. The number of amides is 3. The van der Waals surface area contributed by atoms with E-state index in [4.69, 9.17) is 4.74 Å². The molecule has 1 aromatic heterocycles. The first-order valence-electron chi connectivity index (χ1n) is 14.6. The number of hydrogen-bond donors (Lipinski definition) is 3. The number of rotatable bonds is 12. The van der Waals surface area contributed by atoms with Crippen LogP contribution in [0, 0.1) is 6.92 Å². The number of nitrogens with one attached hydrogen (secondary N) is 3. The van der Waals surface area contributed by atoms with Gasteiger partial charge in [-0.25, -0.2) is 4.98 Å². The number of anilines is 2. The van der Waals surface area contributed by atoms with E-state index in [0.29, 0.717) is 28.7 Å². The highest BCUT2D eigenvalue weighted by molar-refractivity contribution is 8.00. The molecule has 0 fully saturated rings. The maximum atomic E-state index is 13.4. The van der Waals surface area contributed by atoms with Crippen molar-refractivity contribution in [3.8, 4) is 17.0 Å². The molecule has 0 spiro atoms. The molecule has 0 aliphatic carbocycles. The van der Waals surface area contributed by atoms with E-state index in [2.05, 4.69) is 20.9 Å². The van der Waals surface area contributed by atoms with Gasteiger partial charge in [-0.1, -0.05) is 60.7 Å². The highest BCUT2D eigenvalue weighted by Crippen LogP contribution is 2.30. The van der Waals surface area contributed by atoms with Crippen molar-refractivity contribution in [3.63, 3.8) is 0 Å². The van der Waals surface area contributed by atoms with Gasteiger partial charge in [0, 0.05) is 26.6 Å². The van der Waals surface area contributed by atoms with Crippen LogP contribution in [0.4, 0.5) is 10.8 Å². The molecule has 0 saturated heterocycles. The fraction of sp³-hybridized carbons (Fsp3) is 0.111. The predicted molar refractivity (Wildman–Crippen MR) is 186 cm³/mol. The highest BCUT2D eigenvalue weighted by Gasteiger charge is 2.16. The molecule has 0 unspecified atom stereocenters. The lowest BCUT2D eigenvalue weighted by atomic mass is 10.1. The van der Waals surface area contributed by atoms with Crippen LogP contribution in [0.2, 0.25) is 0 Å². The third kappa shape index (κ3) is 8.93. The van der Waals surface area contributed by atoms with Crippen LogP contribution in [-0.2, 0) is 9.59 Å². The van der Waals surface area contributed by atoms with E-state index in [0.717, 1.165) is 26.6 Å². The molecule has 46 heavy (non-hydrogen) atoms. The summed E-state index contributed by atoms with van der Waals surface area (Å²) in [6, 6.07) is 33.0. The zero-order chi connectivity index (χ0) is 32.3. The number of nitrogens with zero attached hydrogens (tertiary/aromatic N) is 1. The molecule has 0 aliphatic heterocycles. The molecule has 0 bridgehead atoms. The molecule has 0 atom stereocenters. The van der Waals surface area contributed by atoms with Crippen LogP contribution in [0.25, 0.3) is 17.3 Å². The third-order valence-electron chi connectivity index (χ3n) is 6.60. The van der Waals surface area contributed by atoms with E-state index in [1.807, 2.05) is 74.5 Å². The summed E-state index contributed by atoms with van der Waals surface area (Å²) in [5.41, 5.74) is 3.65. The van der Waals surface area contributed by atoms with Gasteiger partial charge >= 0.3 is 0 Å². The standard InChI is InChI=1S/C36H32N4O4S2/c1-3-44-29-18-14-25(15-19-29)22-31(38-34(42)27-12-8-5-9-13-27)35(43)37-28-16-20-30(21-17-28)45-23-32(41)39-36-40-33(24(2)46-36)26-10-6-4-7-11-26/h4-22H,3,23H2,1-2H3,(H,37,43)(H,38,42)(H,39,40,41)/b31-22-. The van der Waals surface area contributed by atoms with Crippen LogP contribution in [0.3, 0.4) is 0 Å². The minimum absolute atomic E-state index is 0.0842. The normalized spacial score (nSPS) is 11.0. The molecule has 0 aliphatic rings. The molecular weight excluding hydrogens is 617 g/mol. The summed E-state index contributed by atoms with van der Waals surface area (Å²) in [5, 5.41) is 9.06. The first kappa shape index (κ1) is 32.2. The molecule has 4 aromatic carbocycles. The monoisotopic (exact) mass is 648 g/mol. The maximum Gasteiger partial charge on any atom is 0.272 e. The summed E-state index contributed by atoms with van der Waals surface area (Å²) < 4.78 is 5.51. The van der Waals surface area contributed by atoms with E-state index < -0.39 is 11.8 Å². The van der Waals surface area contributed by atoms with Crippen LogP contribution in [0.1, 0.15) is 27.7 Å². The Morgan fingerprint density at radius 1 is 0.848 bits per heavy atom. The van der Waals surface area contributed by atoms with Crippen LogP contribution >= 0.6 is 23.1 Å². The lowest BCUT2D eigenvalue weighted by Crippen LogP contribution is -2.30. The van der Waals surface area contributed by atoms with Gasteiger partial charge in [-0.2, -0.15) is 0 Å². The number of thioether (sulfide) groups is 1. The van der Waals surface area contributed by atoms with Crippen molar-refractivity contribution in [2.24, 2.45) is 0 Å². The van der Waals surface area contributed by atoms with Gasteiger partial charge in [0.2, 0.25) is 5.91 Å². The number of hydrogen-bond acceptors (Lipinski definition) is 7. The van der Waals surface area contributed by atoms with E-state index in [9.17, 15) is 14.4 Å². The van der Waals surface area contributed by atoms with Crippen molar-refractivity contribution in [3.05, 3.63) is 131 Å². The first-order valence-corrected chi connectivity index (χ1v) is 16.4. The molecule has 0 radical (unpaired) electrons. The Bertz CT molecular complexity index is 1820. The van der Waals surface area contributed by atoms with Crippen molar-refractivity contribution < 1.29 is 19.1 Å². The van der Waals surface area contributed by atoms with Crippen molar-refractivity contribution >= 4 is 57.7 Å². The number of aromatic nitrogens is 1. The molecule has 232 valence electrons. The molecule has 8 nitrogen and oxygen atoms in total. The van der Waals surface area contributed by atoms with Gasteiger partial charge in [0.25, 0.3) is 11.8 Å². The minimum atomic E-state index is -0.480. The molecule has 3 amide bonds. The van der Waals surface area contributed by atoms with Crippen molar-refractivity contribution in [1.29, 1.82) is 0 Å². The number of thiazole rings is 1. The van der Waals surface area contributed by atoms with E-state index in [1.54, 1.807) is 54.6 Å². The Balaban J connectivity index is 1.20. The molecular formula is C36H32N4O4S2. The van der Waals surface area contributed by atoms with Crippen LogP contribution in [0.15, 0.2) is 120 Å². The smallest absolute Gasteiger partial charge is 0.272 e. The average molecular weight is 649 g/mol. The van der Waals surface area contributed by atoms with E-state index >= 15 is 0 Å². The van der Waals surface area contributed by atoms with Gasteiger partial charge in [0.05, 0.1) is 18.1 Å². The summed E-state index contributed by atoms with van der Waals surface area (Å²) in [6.45, 7) is 4.44. The lowest BCUT2D eigenvalue weighted by molar-refractivity contribution is -0.114. The second kappa shape index (κ2) is 15.7. The minimum Gasteiger partial charge on any atom is -0.494 e. The van der Waals surface area contributed by atoms with Gasteiger partial charge in [-0.05, 0) is 74.0 Å². The van der Waals surface area contributed by atoms with Crippen LogP contribution in [-0.4, -0.2) is 35.1 Å². The Hall–Kier alpha value is -5.19. The quantitative estimate of drug-likeness (QED) is 0.0947. The molecule has 0 saturated carbocycles. The second-order valence-corrected chi connectivity index (χ2v) is 12.2. The zero-order valence-electron chi connectivity index (χ0n) is 25.3. The molecule has 1 heterocycles.